The number of aryl methyl sites for hydroxylation is 1. The van der Waals surface area contributed by atoms with Crippen LogP contribution < -0.4 is 10.2 Å². The summed E-state index contributed by atoms with van der Waals surface area (Å²) >= 11 is 1.71. The van der Waals surface area contributed by atoms with Gasteiger partial charge in [0.15, 0.2) is 0 Å². The quantitative estimate of drug-likeness (QED) is 0.922. The number of rotatable bonds is 2. The van der Waals surface area contributed by atoms with E-state index in [9.17, 15) is 0 Å². The van der Waals surface area contributed by atoms with E-state index in [4.69, 9.17) is 9.72 Å². The Hall–Kier alpha value is -1.40. The van der Waals surface area contributed by atoms with Crippen molar-refractivity contribution in [2.75, 3.05) is 30.4 Å². The Labute approximate surface area is 123 Å². The van der Waals surface area contributed by atoms with E-state index in [-0.39, 0.29) is 6.10 Å². The highest BCUT2D eigenvalue weighted by Crippen LogP contribution is 2.33. The molecule has 0 spiro atoms. The smallest absolute Gasteiger partial charge is 0.225 e. The number of nitrogens with one attached hydrogen (secondary N) is 1. The molecule has 1 aliphatic rings. The highest BCUT2D eigenvalue weighted by atomic mass is 32.1. The van der Waals surface area contributed by atoms with E-state index < -0.39 is 0 Å². The number of fused-ring (bicyclic) bond motifs is 1. The highest BCUT2D eigenvalue weighted by Gasteiger charge is 2.27. The van der Waals surface area contributed by atoms with Gasteiger partial charge in [-0.1, -0.05) is 0 Å². The monoisotopic (exact) mass is 292 g/mol. The fourth-order valence-corrected chi connectivity index (χ4v) is 3.43. The molecule has 3 heterocycles. The molecule has 0 amide bonds. The molecule has 1 saturated heterocycles. The van der Waals surface area contributed by atoms with Gasteiger partial charge in [0.2, 0.25) is 5.95 Å². The highest BCUT2D eigenvalue weighted by molar-refractivity contribution is 7.18. The molecule has 0 aromatic carbocycles. The second kappa shape index (κ2) is 5.18. The molecule has 2 unspecified atom stereocenters. The average Bonchev–Trinajstić information content (AvgIpc) is 2.80. The van der Waals surface area contributed by atoms with Crippen molar-refractivity contribution in [1.82, 2.24) is 9.97 Å². The third-order valence-electron chi connectivity index (χ3n) is 3.60. The molecule has 2 aromatic rings. The summed E-state index contributed by atoms with van der Waals surface area (Å²) in [7, 11) is 1.86. The first-order chi connectivity index (χ1) is 9.58. The van der Waals surface area contributed by atoms with Crippen LogP contribution in [0.4, 0.5) is 11.8 Å². The van der Waals surface area contributed by atoms with E-state index in [1.54, 1.807) is 11.3 Å². The van der Waals surface area contributed by atoms with Gasteiger partial charge in [-0.3, -0.25) is 0 Å². The van der Waals surface area contributed by atoms with Crippen molar-refractivity contribution in [3.8, 4) is 0 Å². The summed E-state index contributed by atoms with van der Waals surface area (Å²) in [6.45, 7) is 8.00. The summed E-state index contributed by atoms with van der Waals surface area (Å²) in [6.07, 6.45) is 0.231. The zero-order valence-electron chi connectivity index (χ0n) is 12.3. The van der Waals surface area contributed by atoms with Gasteiger partial charge >= 0.3 is 0 Å². The van der Waals surface area contributed by atoms with Crippen LogP contribution in [-0.2, 0) is 4.74 Å². The first kappa shape index (κ1) is 13.6. The zero-order valence-corrected chi connectivity index (χ0v) is 13.1. The Morgan fingerprint density at radius 2 is 2.20 bits per heavy atom. The molecule has 3 rings (SSSR count). The topological polar surface area (TPSA) is 50.3 Å². The lowest BCUT2D eigenvalue weighted by Crippen LogP contribution is -2.47. The van der Waals surface area contributed by atoms with E-state index in [1.165, 1.54) is 4.88 Å². The lowest BCUT2D eigenvalue weighted by molar-refractivity contribution is 0.0342. The Morgan fingerprint density at radius 1 is 1.40 bits per heavy atom. The molecule has 0 radical (unpaired) electrons. The first-order valence-corrected chi connectivity index (χ1v) is 7.74. The number of nitrogens with zero attached hydrogens (tertiary/aromatic N) is 3. The molecule has 2 atom stereocenters. The van der Waals surface area contributed by atoms with E-state index >= 15 is 0 Å². The molecule has 1 aliphatic heterocycles. The largest absolute Gasteiger partial charge is 0.375 e. The van der Waals surface area contributed by atoms with E-state index in [2.05, 4.69) is 42.0 Å². The average molecular weight is 292 g/mol. The maximum atomic E-state index is 5.72. The Balaban J connectivity index is 2.12. The van der Waals surface area contributed by atoms with Crippen molar-refractivity contribution < 1.29 is 4.74 Å². The predicted octanol–water partition coefficient (Wildman–Crippen LogP) is 2.66. The van der Waals surface area contributed by atoms with Crippen molar-refractivity contribution in [1.29, 1.82) is 0 Å². The van der Waals surface area contributed by atoms with Gasteiger partial charge in [-0.25, -0.2) is 4.98 Å². The van der Waals surface area contributed by atoms with Crippen molar-refractivity contribution in [3.63, 3.8) is 0 Å². The van der Waals surface area contributed by atoms with E-state index in [1.807, 2.05) is 7.05 Å². The standard InChI is InChI=1S/C14H20N4OS/c1-8-7-19-9(2)6-18(8)12-11-5-10(3)20-13(11)17-14(15-4)16-12/h5,8-9H,6-7H2,1-4H3,(H,15,16,17). The molecule has 0 saturated carbocycles. The first-order valence-electron chi connectivity index (χ1n) is 6.92. The van der Waals surface area contributed by atoms with Crippen LogP contribution in [-0.4, -0.2) is 42.3 Å². The summed E-state index contributed by atoms with van der Waals surface area (Å²) in [4.78, 5) is 13.9. The SMILES string of the molecule is CNc1nc(N2CC(C)OCC2C)c2cc(C)sc2n1. The summed E-state index contributed by atoms with van der Waals surface area (Å²) < 4.78 is 5.72. The molecule has 6 heteroatoms. The Kier molecular flexibility index (Phi) is 3.52. The summed E-state index contributed by atoms with van der Waals surface area (Å²) in [5, 5.41) is 4.21. The van der Waals surface area contributed by atoms with Crippen molar-refractivity contribution >= 4 is 33.3 Å². The van der Waals surface area contributed by atoms with Gasteiger partial charge in [0.25, 0.3) is 0 Å². The number of ether oxygens (including phenoxy) is 1. The van der Waals surface area contributed by atoms with Crippen LogP contribution in [0, 0.1) is 6.92 Å². The minimum atomic E-state index is 0.231. The third kappa shape index (κ3) is 2.33. The van der Waals surface area contributed by atoms with Crippen LogP contribution >= 0.6 is 11.3 Å². The molecule has 1 N–H and O–H groups in total. The van der Waals surface area contributed by atoms with Gasteiger partial charge in [-0.05, 0) is 26.8 Å². The van der Waals surface area contributed by atoms with Gasteiger partial charge in [0.05, 0.1) is 24.1 Å². The fourth-order valence-electron chi connectivity index (χ4n) is 2.56. The van der Waals surface area contributed by atoms with Gasteiger partial charge in [-0.2, -0.15) is 4.98 Å². The summed E-state index contributed by atoms with van der Waals surface area (Å²) in [5.74, 6) is 1.70. The summed E-state index contributed by atoms with van der Waals surface area (Å²) in [5.41, 5.74) is 0. The van der Waals surface area contributed by atoms with Crippen LogP contribution in [0.25, 0.3) is 10.2 Å². The maximum Gasteiger partial charge on any atom is 0.225 e. The number of anilines is 2. The minimum Gasteiger partial charge on any atom is -0.375 e. The normalized spacial score (nSPS) is 23.3. The number of thiophene rings is 1. The van der Waals surface area contributed by atoms with Crippen molar-refractivity contribution in [2.45, 2.75) is 32.9 Å². The van der Waals surface area contributed by atoms with Crippen LogP contribution in [0.15, 0.2) is 6.07 Å². The van der Waals surface area contributed by atoms with Gasteiger partial charge in [0, 0.05) is 18.5 Å². The zero-order chi connectivity index (χ0) is 14.3. The molecule has 0 aliphatic carbocycles. The molecule has 20 heavy (non-hydrogen) atoms. The number of hydrogen-bond acceptors (Lipinski definition) is 6. The predicted molar refractivity (Wildman–Crippen MR) is 83.9 cm³/mol. The fraction of sp³-hybridized carbons (Fsp3) is 0.571. The van der Waals surface area contributed by atoms with Gasteiger partial charge in [0.1, 0.15) is 10.6 Å². The summed E-state index contributed by atoms with van der Waals surface area (Å²) in [6, 6.07) is 2.51. The number of morpholine rings is 1. The molecule has 108 valence electrons. The van der Waals surface area contributed by atoms with Gasteiger partial charge < -0.3 is 15.0 Å². The molecule has 2 aromatic heterocycles. The van der Waals surface area contributed by atoms with Crippen molar-refractivity contribution in [2.24, 2.45) is 0 Å². The Morgan fingerprint density at radius 3 is 2.95 bits per heavy atom. The lowest BCUT2D eigenvalue weighted by Gasteiger charge is -2.38. The molecular formula is C14H20N4OS. The van der Waals surface area contributed by atoms with E-state index in [0.29, 0.717) is 12.0 Å². The number of aromatic nitrogens is 2. The molecule has 1 fully saturated rings. The van der Waals surface area contributed by atoms with E-state index in [0.717, 1.165) is 29.2 Å². The number of hydrogen-bond donors (Lipinski definition) is 1. The van der Waals surface area contributed by atoms with Crippen LogP contribution in [0.2, 0.25) is 0 Å². The van der Waals surface area contributed by atoms with Crippen molar-refractivity contribution in [3.05, 3.63) is 10.9 Å². The van der Waals surface area contributed by atoms with Crippen LogP contribution in [0.1, 0.15) is 18.7 Å². The molecule has 5 nitrogen and oxygen atoms in total. The van der Waals surface area contributed by atoms with Gasteiger partial charge in [-0.15, -0.1) is 11.3 Å². The third-order valence-corrected chi connectivity index (χ3v) is 4.54. The lowest BCUT2D eigenvalue weighted by atomic mass is 10.2. The van der Waals surface area contributed by atoms with Crippen LogP contribution in [0.5, 0.6) is 0 Å². The minimum absolute atomic E-state index is 0.231. The second-order valence-corrected chi connectivity index (χ2v) is 6.58. The second-order valence-electron chi connectivity index (χ2n) is 5.34. The molecule has 0 bridgehead atoms. The maximum absolute atomic E-state index is 5.72. The van der Waals surface area contributed by atoms with Crippen LogP contribution in [0.3, 0.4) is 0 Å². The molecular weight excluding hydrogens is 272 g/mol. The Bertz CT molecular complexity index is 627.